The first-order valence-electron chi connectivity index (χ1n) is 9.72. The molecule has 1 saturated heterocycles. The predicted molar refractivity (Wildman–Crippen MR) is 113 cm³/mol. The molecule has 8 heteroatoms. The van der Waals surface area contributed by atoms with Crippen LogP contribution in [0.2, 0.25) is 0 Å². The third kappa shape index (κ3) is 4.78. The van der Waals surface area contributed by atoms with Crippen LogP contribution in [0.15, 0.2) is 49.1 Å². The summed E-state index contributed by atoms with van der Waals surface area (Å²) in [5.74, 6) is 0.873. The molecular weight excluding hydrogens is 366 g/mol. The molecule has 0 atom stereocenters. The number of hydrogen-bond acceptors (Lipinski definition) is 6. The second-order valence-electron chi connectivity index (χ2n) is 7.35. The molecule has 1 aliphatic heterocycles. The number of carbonyl (C=O) groups excluding carboxylic acids is 1. The van der Waals surface area contributed by atoms with Gasteiger partial charge in [0.15, 0.2) is 0 Å². The van der Waals surface area contributed by atoms with Crippen LogP contribution in [0.4, 0.5) is 11.5 Å². The highest BCUT2D eigenvalue weighted by molar-refractivity contribution is 5.92. The molecule has 1 aliphatic rings. The summed E-state index contributed by atoms with van der Waals surface area (Å²) in [5.41, 5.74) is 3.74. The van der Waals surface area contributed by atoms with Crippen molar-refractivity contribution in [1.29, 1.82) is 0 Å². The first kappa shape index (κ1) is 19.1. The molecule has 1 N–H and O–H groups in total. The van der Waals surface area contributed by atoms with Crippen LogP contribution in [0.1, 0.15) is 5.56 Å². The second-order valence-corrected chi connectivity index (χ2v) is 7.35. The van der Waals surface area contributed by atoms with Crippen LogP contribution in [0.3, 0.4) is 0 Å². The van der Waals surface area contributed by atoms with Gasteiger partial charge in [0.2, 0.25) is 5.91 Å². The van der Waals surface area contributed by atoms with E-state index in [-0.39, 0.29) is 5.91 Å². The van der Waals surface area contributed by atoms with Crippen molar-refractivity contribution < 1.29 is 4.79 Å². The van der Waals surface area contributed by atoms with Crippen LogP contribution >= 0.6 is 0 Å². The van der Waals surface area contributed by atoms with Crippen LogP contribution in [-0.2, 0) is 11.8 Å². The number of aryl methyl sites for hydroxylation is 2. The Morgan fingerprint density at radius 1 is 1.14 bits per heavy atom. The summed E-state index contributed by atoms with van der Waals surface area (Å²) in [6, 6.07) is 7.85. The summed E-state index contributed by atoms with van der Waals surface area (Å²) < 4.78 is 1.75. The van der Waals surface area contributed by atoms with E-state index in [9.17, 15) is 4.79 Å². The summed E-state index contributed by atoms with van der Waals surface area (Å²) in [6.07, 6.45) is 7.27. The van der Waals surface area contributed by atoms with E-state index >= 15 is 0 Å². The SMILES string of the molecule is Cc1cccc(NC(=O)CN2CCN(c3cncc(-c4cnn(C)c4)n3)CC2)c1. The van der Waals surface area contributed by atoms with Crippen LogP contribution in [0.5, 0.6) is 0 Å². The van der Waals surface area contributed by atoms with Crippen LogP contribution < -0.4 is 10.2 Å². The van der Waals surface area contributed by atoms with Gasteiger partial charge in [-0.1, -0.05) is 12.1 Å². The van der Waals surface area contributed by atoms with Crippen molar-refractivity contribution in [3.8, 4) is 11.3 Å². The maximum atomic E-state index is 12.4. The number of benzene rings is 1. The Hall–Kier alpha value is -3.26. The fourth-order valence-corrected chi connectivity index (χ4v) is 3.46. The number of carbonyl (C=O) groups is 1. The Morgan fingerprint density at radius 2 is 1.97 bits per heavy atom. The lowest BCUT2D eigenvalue weighted by molar-refractivity contribution is -0.117. The average molecular weight is 391 g/mol. The van der Waals surface area contributed by atoms with Gasteiger partial charge in [-0.25, -0.2) is 4.98 Å². The summed E-state index contributed by atoms with van der Waals surface area (Å²) in [6.45, 7) is 5.64. The molecule has 3 heterocycles. The Bertz CT molecular complexity index is 992. The lowest BCUT2D eigenvalue weighted by Crippen LogP contribution is -2.49. The summed E-state index contributed by atoms with van der Waals surface area (Å²) in [7, 11) is 1.88. The molecule has 3 aromatic rings. The number of piperazine rings is 1. The highest BCUT2D eigenvalue weighted by atomic mass is 16.2. The smallest absolute Gasteiger partial charge is 0.238 e. The predicted octanol–water partition coefficient (Wildman–Crippen LogP) is 1.95. The monoisotopic (exact) mass is 391 g/mol. The normalized spacial score (nSPS) is 14.8. The van der Waals surface area contributed by atoms with E-state index in [0.717, 1.165) is 54.5 Å². The molecule has 0 unspecified atom stereocenters. The molecular formula is C21H25N7O. The first-order chi connectivity index (χ1) is 14.1. The standard InChI is InChI=1S/C21H25N7O/c1-16-4-3-5-18(10-16)24-21(29)15-27-6-8-28(9-7-27)20-13-22-12-19(25-20)17-11-23-26(2)14-17/h3-5,10-14H,6-9,15H2,1-2H3,(H,24,29). The largest absolute Gasteiger partial charge is 0.353 e. The highest BCUT2D eigenvalue weighted by Crippen LogP contribution is 2.19. The maximum absolute atomic E-state index is 12.4. The zero-order chi connectivity index (χ0) is 20.2. The molecule has 0 aliphatic carbocycles. The Balaban J connectivity index is 1.32. The van der Waals surface area contributed by atoms with E-state index in [1.54, 1.807) is 23.3 Å². The second kappa shape index (κ2) is 8.40. The van der Waals surface area contributed by atoms with Gasteiger partial charge in [0.05, 0.1) is 30.8 Å². The molecule has 1 amide bonds. The average Bonchev–Trinajstić information content (AvgIpc) is 3.15. The fourth-order valence-electron chi connectivity index (χ4n) is 3.46. The molecule has 1 aromatic carbocycles. The van der Waals surface area contributed by atoms with Gasteiger partial charge in [-0.3, -0.25) is 19.4 Å². The van der Waals surface area contributed by atoms with Crippen LogP contribution in [0, 0.1) is 6.92 Å². The zero-order valence-corrected chi connectivity index (χ0v) is 16.7. The van der Waals surface area contributed by atoms with Gasteiger partial charge >= 0.3 is 0 Å². The van der Waals surface area contributed by atoms with Crippen molar-refractivity contribution in [2.24, 2.45) is 7.05 Å². The molecule has 8 nitrogen and oxygen atoms in total. The highest BCUT2D eigenvalue weighted by Gasteiger charge is 2.20. The third-order valence-electron chi connectivity index (χ3n) is 4.99. The van der Waals surface area contributed by atoms with Gasteiger partial charge in [0.1, 0.15) is 5.82 Å². The summed E-state index contributed by atoms with van der Waals surface area (Å²) in [5, 5.41) is 7.17. The van der Waals surface area contributed by atoms with Crippen molar-refractivity contribution in [3.63, 3.8) is 0 Å². The van der Waals surface area contributed by atoms with Gasteiger partial charge in [-0.05, 0) is 24.6 Å². The number of rotatable bonds is 5. The van der Waals surface area contributed by atoms with E-state index in [4.69, 9.17) is 4.98 Å². The Morgan fingerprint density at radius 3 is 2.69 bits per heavy atom. The van der Waals surface area contributed by atoms with E-state index in [2.05, 4.69) is 25.2 Å². The van der Waals surface area contributed by atoms with Crippen molar-refractivity contribution in [3.05, 3.63) is 54.6 Å². The van der Waals surface area contributed by atoms with Crippen LogP contribution in [0.25, 0.3) is 11.3 Å². The van der Waals surface area contributed by atoms with Crippen molar-refractivity contribution in [1.82, 2.24) is 24.6 Å². The van der Waals surface area contributed by atoms with Crippen molar-refractivity contribution >= 4 is 17.4 Å². The maximum Gasteiger partial charge on any atom is 0.238 e. The molecule has 0 bridgehead atoms. The summed E-state index contributed by atoms with van der Waals surface area (Å²) >= 11 is 0. The van der Waals surface area contributed by atoms with Gasteiger partial charge in [0, 0.05) is 50.7 Å². The van der Waals surface area contributed by atoms with E-state index < -0.39 is 0 Å². The third-order valence-corrected chi connectivity index (χ3v) is 4.99. The number of amides is 1. The number of nitrogens with one attached hydrogen (secondary N) is 1. The summed E-state index contributed by atoms with van der Waals surface area (Å²) in [4.78, 5) is 25.8. The number of hydrogen-bond donors (Lipinski definition) is 1. The van der Waals surface area contributed by atoms with Crippen LogP contribution in [-0.4, -0.2) is 63.3 Å². The van der Waals surface area contributed by atoms with Gasteiger partial charge in [-0.15, -0.1) is 0 Å². The lowest BCUT2D eigenvalue weighted by atomic mass is 10.2. The number of aromatic nitrogens is 4. The van der Waals surface area contributed by atoms with E-state index in [1.807, 2.05) is 44.4 Å². The molecule has 150 valence electrons. The van der Waals surface area contributed by atoms with Gasteiger partial charge in [0.25, 0.3) is 0 Å². The fraction of sp³-hybridized carbons (Fsp3) is 0.333. The lowest BCUT2D eigenvalue weighted by Gasteiger charge is -2.34. The molecule has 0 spiro atoms. The molecule has 0 saturated carbocycles. The van der Waals surface area contributed by atoms with E-state index in [1.165, 1.54) is 0 Å². The molecule has 4 rings (SSSR count). The van der Waals surface area contributed by atoms with Crippen molar-refractivity contribution in [2.75, 3.05) is 42.9 Å². The minimum atomic E-state index is 0.0161. The zero-order valence-electron chi connectivity index (χ0n) is 16.7. The molecule has 1 fully saturated rings. The first-order valence-corrected chi connectivity index (χ1v) is 9.72. The Labute approximate surface area is 170 Å². The number of nitrogens with zero attached hydrogens (tertiary/aromatic N) is 6. The molecule has 0 radical (unpaired) electrons. The Kier molecular flexibility index (Phi) is 5.53. The molecule has 29 heavy (non-hydrogen) atoms. The quantitative estimate of drug-likeness (QED) is 0.716. The number of anilines is 2. The minimum absolute atomic E-state index is 0.0161. The van der Waals surface area contributed by atoms with Gasteiger partial charge in [-0.2, -0.15) is 5.10 Å². The topological polar surface area (TPSA) is 79.2 Å². The minimum Gasteiger partial charge on any atom is -0.353 e. The molecule has 2 aromatic heterocycles. The van der Waals surface area contributed by atoms with E-state index in [0.29, 0.717) is 6.54 Å². The van der Waals surface area contributed by atoms with Gasteiger partial charge < -0.3 is 10.2 Å². The van der Waals surface area contributed by atoms with Crippen molar-refractivity contribution in [2.45, 2.75) is 6.92 Å².